The topological polar surface area (TPSA) is 29.9 Å². The molecule has 0 aliphatic heterocycles. The molecule has 17 heavy (non-hydrogen) atoms. The summed E-state index contributed by atoms with van der Waals surface area (Å²) in [6, 6.07) is 4.73. The van der Waals surface area contributed by atoms with E-state index in [9.17, 15) is 4.39 Å². The summed E-state index contributed by atoms with van der Waals surface area (Å²) in [6.45, 7) is 1.37. The van der Waals surface area contributed by atoms with Crippen LogP contribution in [-0.2, 0) is 20.1 Å². The zero-order valence-electron chi connectivity index (χ0n) is 9.45. The van der Waals surface area contributed by atoms with Crippen LogP contribution in [0.25, 0.3) is 0 Å². The Balaban J connectivity index is 1.87. The fraction of sp³-hybridized carbons (Fsp3) is 0.250. The fourth-order valence-corrected chi connectivity index (χ4v) is 1.77. The van der Waals surface area contributed by atoms with Gasteiger partial charge in [0.05, 0.1) is 11.2 Å². The molecule has 1 N–H and O–H groups in total. The third-order valence-electron chi connectivity index (χ3n) is 2.40. The van der Waals surface area contributed by atoms with E-state index in [4.69, 9.17) is 11.6 Å². The number of nitrogens with one attached hydrogen (secondary N) is 1. The number of benzene rings is 1. The van der Waals surface area contributed by atoms with Gasteiger partial charge in [-0.15, -0.1) is 0 Å². The van der Waals surface area contributed by atoms with E-state index in [-0.39, 0.29) is 10.8 Å². The van der Waals surface area contributed by atoms with E-state index in [0.717, 1.165) is 17.7 Å². The minimum Gasteiger partial charge on any atom is -0.309 e. The van der Waals surface area contributed by atoms with E-state index < -0.39 is 0 Å². The number of hydrogen-bond donors (Lipinski definition) is 1. The normalized spacial score (nSPS) is 10.8. The van der Waals surface area contributed by atoms with Crippen molar-refractivity contribution in [2.45, 2.75) is 13.1 Å². The van der Waals surface area contributed by atoms with Gasteiger partial charge in [-0.1, -0.05) is 17.7 Å². The molecule has 0 spiro atoms. The molecule has 0 aliphatic carbocycles. The van der Waals surface area contributed by atoms with Gasteiger partial charge in [-0.25, -0.2) is 4.39 Å². The zero-order valence-corrected chi connectivity index (χ0v) is 10.2. The van der Waals surface area contributed by atoms with Gasteiger partial charge < -0.3 is 5.32 Å². The third-order valence-corrected chi connectivity index (χ3v) is 2.69. The predicted molar refractivity (Wildman–Crippen MR) is 65.2 cm³/mol. The highest BCUT2D eigenvalue weighted by Crippen LogP contribution is 2.15. The molecule has 0 saturated heterocycles. The van der Waals surface area contributed by atoms with Gasteiger partial charge in [-0.3, -0.25) is 4.68 Å². The molecule has 2 aromatic rings. The van der Waals surface area contributed by atoms with Gasteiger partial charge in [0.2, 0.25) is 0 Å². The highest BCUT2D eigenvalue weighted by atomic mass is 35.5. The van der Waals surface area contributed by atoms with Crippen LogP contribution in [0.1, 0.15) is 11.1 Å². The maximum atomic E-state index is 12.9. The van der Waals surface area contributed by atoms with Gasteiger partial charge in [0, 0.05) is 31.9 Å². The van der Waals surface area contributed by atoms with Crippen LogP contribution in [0.15, 0.2) is 30.6 Å². The molecular formula is C12H13ClFN3. The van der Waals surface area contributed by atoms with E-state index in [0.29, 0.717) is 6.54 Å². The van der Waals surface area contributed by atoms with Crippen molar-refractivity contribution in [1.29, 1.82) is 0 Å². The van der Waals surface area contributed by atoms with E-state index in [1.165, 1.54) is 6.07 Å². The monoisotopic (exact) mass is 253 g/mol. The van der Waals surface area contributed by atoms with Crippen molar-refractivity contribution in [3.8, 4) is 0 Å². The molecule has 0 bridgehead atoms. The number of rotatable bonds is 4. The standard InChI is InChI=1S/C12H13ClFN3/c1-17-8-10(7-16-17)6-15-5-9-2-3-12(14)11(13)4-9/h2-4,7-8,15H,5-6H2,1H3. The van der Waals surface area contributed by atoms with E-state index in [1.807, 2.05) is 19.4 Å². The summed E-state index contributed by atoms with van der Waals surface area (Å²) in [5.74, 6) is -0.386. The van der Waals surface area contributed by atoms with Gasteiger partial charge in [0.15, 0.2) is 0 Å². The van der Waals surface area contributed by atoms with Gasteiger partial charge in [-0.05, 0) is 17.7 Å². The Morgan fingerprint density at radius 3 is 2.76 bits per heavy atom. The molecule has 1 aromatic carbocycles. The molecule has 0 atom stereocenters. The summed E-state index contributed by atoms with van der Waals surface area (Å²) >= 11 is 5.70. The molecule has 0 amide bonds. The summed E-state index contributed by atoms with van der Waals surface area (Å²) in [6.07, 6.45) is 3.76. The number of aromatic nitrogens is 2. The molecule has 0 saturated carbocycles. The van der Waals surface area contributed by atoms with Crippen LogP contribution in [0, 0.1) is 5.82 Å². The van der Waals surface area contributed by atoms with E-state index in [1.54, 1.807) is 16.8 Å². The fourth-order valence-electron chi connectivity index (χ4n) is 1.56. The molecule has 3 nitrogen and oxygen atoms in total. The molecule has 0 fully saturated rings. The van der Waals surface area contributed by atoms with Crippen LogP contribution in [0.2, 0.25) is 5.02 Å². The van der Waals surface area contributed by atoms with Crippen LogP contribution in [-0.4, -0.2) is 9.78 Å². The predicted octanol–water partition coefficient (Wildman–Crippen LogP) is 2.50. The van der Waals surface area contributed by atoms with Crippen LogP contribution < -0.4 is 5.32 Å². The summed E-state index contributed by atoms with van der Waals surface area (Å²) in [5, 5.41) is 7.48. The van der Waals surface area contributed by atoms with Crippen LogP contribution >= 0.6 is 11.6 Å². The first kappa shape index (κ1) is 12.1. The number of halogens is 2. The molecule has 90 valence electrons. The van der Waals surface area contributed by atoms with Crippen molar-refractivity contribution in [3.63, 3.8) is 0 Å². The van der Waals surface area contributed by atoms with Crippen molar-refractivity contribution in [2.75, 3.05) is 0 Å². The summed E-state index contributed by atoms with van der Waals surface area (Å²) < 4.78 is 14.7. The second-order valence-corrected chi connectivity index (χ2v) is 4.28. The van der Waals surface area contributed by atoms with E-state index >= 15 is 0 Å². The van der Waals surface area contributed by atoms with Gasteiger partial charge >= 0.3 is 0 Å². The van der Waals surface area contributed by atoms with Crippen molar-refractivity contribution in [3.05, 3.63) is 52.6 Å². The second kappa shape index (κ2) is 5.29. The summed E-state index contributed by atoms with van der Waals surface area (Å²) in [5.41, 5.74) is 2.07. The number of hydrogen-bond acceptors (Lipinski definition) is 2. The maximum Gasteiger partial charge on any atom is 0.141 e. The van der Waals surface area contributed by atoms with Crippen molar-refractivity contribution in [2.24, 2.45) is 7.05 Å². The highest BCUT2D eigenvalue weighted by molar-refractivity contribution is 6.30. The highest BCUT2D eigenvalue weighted by Gasteiger charge is 2.01. The molecular weight excluding hydrogens is 241 g/mol. The Bertz CT molecular complexity index is 510. The molecule has 5 heteroatoms. The van der Waals surface area contributed by atoms with Crippen LogP contribution in [0.3, 0.4) is 0 Å². The first-order valence-electron chi connectivity index (χ1n) is 5.27. The summed E-state index contributed by atoms with van der Waals surface area (Å²) in [7, 11) is 1.88. The van der Waals surface area contributed by atoms with Crippen molar-refractivity contribution < 1.29 is 4.39 Å². The van der Waals surface area contributed by atoms with E-state index in [2.05, 4.69) is 10.4 Å². The summed E-state index contributed by atoms with van der Waals surface area (Å²) in [4.78, 5) is 0. The average molecular weight is 254 g/mol. The minimum absolute atomic E-state index is 0.158. The Labute approximate surface area is 104 Å². The number of aryl methyl sites for hydroxylation is 1. The largest absolute Gasteiger partial charge is 0.309 e. The molecule has 0 unspecified atom stereocenters. The van der Waals surface area contributed by atoms with Gasteiger partial charge in [0.25, 0.3) is 0 Å². The lowest BCUT2D eigenvalue weighted by molar-refractivity contribution is 0.625. The first-order valence-corrected chi connectivity index (χ1v) is 5.65. The van der Waals surface area contributed by atoms with Crippen LogP contribution in [0.4, 0.5) is 4.39 Å². The molecule has 0 aliphatic rings. The van der Waals surface area contributed by atoms with Gasteiger partial charge in [-0.2, -0.15) is 5.10 Å². The molecule has 0 radical (unpaired) electrons. The second-order valence-electron chi connectivity index (χ2n) is 3.87. The zero-order chi connectivity index (χ0) is 12.3. The Morgan fingerprint density at radius 2 is 2.12 bits per heavy atom. The number of nitrogens with zero attached hydrogens (tertiary/aromatic N) is 2. The van der Waals surface area contributed by atoms with Gasteiger partial charge in [0.1, 0.15) is 5.82 Å². The average Bonchev–Trinajstić information content (AvgIpc) is 2.70. The molecule has 1 aromatic heterocycles. The lowest BCUT2D eigenvalue weighted by Gasteiger charge is -2.04. The van der Waals surface area contributed by atoms with Crippen molar-refractivity contribution >= 4 is 11.6 Å². The molecule has 2 rings (SSSR count). The Hall–Kier alpha value is -1.39. The first-order chi connectivity index (χ1) is 8.15. The van der Waals surface area contributed by atoms with Crippen molar-refractivity contribution in [1.82, 2.24) is 15.1 Å². The Kier molecular flexibility index (Phi) is 3.76. The third kappa shape index (κ3) is 3.28. The smallest absolute Gasteiger partial charge is 0.141 e. The SMILES string of the molecule is Cn1cc(CNCc2ccc(F)c(Cl)c2)cn1. The lowest BCUT2D eigenvalue weighted by Crippen LogP contribution is -2.12. The molecule has 1 heterocycles. The minimum atomic E-state index is -0.386. The quantitative estimate of drug-likeness (QED) is 0.907. The lowest BCUT2D eigenvalue weighted by atomic mass is 10.2. The van der Waals surface area contributed by atoms with Crippen LogP contribution in [0.5, 0.6) is 0 Å². The Morgan fingerprint density at radius 1 is 1.35 bits per heavy atom. The maximum absolute atomic E-state index is 12.9.